The number of nitrogens with zero attached hydrogens (tertiary/aromatic N) is 2. The largest absolute Gasteiger partial charge is 0.366 e. The second-order valence-corrected chi connectivity index (χ2v) is 3.36. The number of nitrogens with one attached hydrogen (secondary N) is 1. The number of benzene rings is 1. The Morgan fingerprint density at radius 3 is 2.94 bits per heavy atom. The third-order valence-corrected chi connectivity index (χ3v) is 2.20. The van der Waals surface area contributed by atoms with Crippen molar-refractivity contribution in [2.75, 3.05) is 0 Å². The SMILES string of the molecule is NC(=O)C=Cc1cc([N+](=O)[O-])c2cn[nH]c2c1. The molecule has 2 rings (SSSR count). The number of rotatable bonds is 3. The first-order chi connectivity index (χ1) is 8.08. The number of nitrogens with two attached hydrogens (primary N) is 1. The Bertz CT molecular complexity index is 630. The first-order valence-corrected chi connectivity index (χ1v) is 4.67. The fraction of sp³-hybridized carbons (Fsp3) is 0. The number of carbonyl (C=O) groups excluding carboxylic acids is 1. The first-order valence-electron chi connectivity index (χ1n) is 4.67. The Labute approximate surface area is 95.1 Å². The molecule has 0 saturated heterocycles. The van der Waals surface area contributed by atoms with Gasteiger partial charge < -0.3 is 5.73 Å². The van der Waals surface area contributed by atoms with E-state index in [0.717, 1.165) is 6.08 Å². The lowest BCUT2D eigenvalue weighted by atomic mass is 10.1. The van der Waals surface area contributed by atoms with Crippen molar-refractivity contribution in [3.63, 3.8) is 0 Å². The van der Waals surface area contributed by atoms with Gasteiger partial charge in [-0.1, -0.05) is 0 Å². The fourth-order valence-electron chi connectivity index (χ4n) is 1.48. The maximum absolute atomic E-state index is 10.9. The monoisotopic (exact) mass is 232 g/mol. The first kappa shape index (κ1) is 10.8. The van der Waals surface area contributed by atoms with Gasteiger partial charge in [-0.15, -0.1) is 0 Å². The summed E-state index contributed by atoms with van der Waals surface area (Å²) >= 11 is 0. The zero-order valence-electron chi connectivity index (χ0n) is 8.58. The second kappa shape index (κ2) is 4.05. The quantitative estimate of drug-likeness (QED) is 0.466. The lowest BCUT2D eigenvalue weighted by Crippen LogP contribution is -2.05. The number of amides is 1. The Balaban J connectivity index is 2.59. The number of nitro groups is 1. The van der Waals surface area contributed by atoms with Crippen molar-refractivity contribution in [1.82, 2.24) is 10.2 Å². The molecule has 0 fully saturated rings. The fourth-order valence-corrected chi connectivity index (χ4v) is 1.48. The molecule has 0 unspecified atom stereocenters. The van der Waals surface area contributed by atoms with E-state index in [1.807, 2.05) is 0 Å². The standard InChI is InChI=1S/C10H8N4O3/c11-10(15)2-1-6-3-8-7(5-12-13-8)9(4-6)14(16)17/h1-5H,(H2,11,15)(H,12,13). The predicted molar refractivity (Wildman–Crippen MR) is 61.0 cm³/mol. The number of carbonyl (C=O) groups is 1. The van der Waals surface area contributed by atoms with E-state index < -0.39 is 10.8 Å². The molecule has 1 aromatic carbocycles. The summed E-state index contributed by atoms with van der Waals surface area (Å²) in [5, 5.41) is 17.6. The number of H-pyrrole nitrogens is 1. The van der Waals surface area contributed by atoms with E-state index in [2.05, 4.69) is 10.2 Å². The van der Waals surface area contributed by atoms with Crippen LogP contribution in [0, 0.1) is 10.1 Å². The highest BCUT2D eigenvalue weighted by Crippen LogP contribution is 2.26. The molecule has 0 spiro atoms. The number of hydrogen-bond acceptors (Lipinski definition) is 4. The van der Waals surface area contributed by atoms with Gasteiger partial charge in [-0.05, 0) is 17.7 Å². The van der Waals surface area contributed by atoms with E-state index >= 15 is 0 Å². The van der Waals surface area contributed by atoms with Crippen LogP contribution in [0.25, 0.3) is 17.0 Å². The molecule has 0 radical (unpaired) electrons. The zero-order valence-corrected chi connectivity index (χ0v) is 8.58. The molecule has 0 aliphatic rings. The van der Waals surface area contributed by atoms with Crippen LogP contribution in [0.15, 0.2) is 24.4 Å². The number of fused-ring (bicyclic) bond motifs is 1. The lowest BCUT2D eigenvalue weighted by Gasteiger charge is -1.96. The molecule has 17 heavy (non-hydrogen) atoms. The number of aromatic nitrogens is 2. The number of aromatic amines is 1. The summed E-state index contributed by atoms with van der Waals surface area (Å²) in [4.78, 5) is 20.9. The number of hydrogen-bond donors (Lipinski definition) is 2. The summed E-state index contributed by atoms with van der Waals surface area (Å²) in [6.45, 7) is 0. The van der Waals surface area contributed by atoms with Crippen LogP contribution in [0.3, 0.4) is 0 Å². The van der Waals surface area contributed by atoms with E-state index in [9.17, 15) is 14.9 Å². The van der Waals surface area contributed by atoms with Crippen molar-refractivity contribution < 1.29 is 9.72 Å². The Morgan fingerprint density at radius 2 is 2.29 bits per heavy atom. The van der Waals surface area contributed by atoms with Crippen molar-refractivity contribution in [2.45, 2.75) is 0 Å². The van der Waals surface area contributed by atoms with Gasteiger partial charge in [0.2, 0.25) is 5.91 Å². The third kappa shape index (κ3) is 2.12. The summed E-state index contributed by atoms with van der Waals surface area (Å²) in [5.74, 6) is -0.614. The van der Waals surface area contributed by atoms with Crippen LogP contribution in [-0.2, 0) is 4.79 Å². The minimum atomic E-state index is -0.614. The maximum atomic E-state index is 10.9. The zero-order chi connectivity index (χ0) is 12.4. The average Bonchev–Trinajstić information content (AvgIpc) is 2.72. The normalized spacial score (nSPS) is 11.1. The molecule has 3 N–H and O–H groups in total. The van der Waals surface area contributed by atoms with Crippen molar-refractivity contribution >= 4 is 28.6 Å². The van der Waals surface area contributed by atoms with Gasteiger partial charge in [0.1, 0.15) is 0 Å². The molecule has 0 saturated carbocycles. The van der Waals surface area contributed by atoms with Gasteiger partial charge in [0.05, 0.1) is 22.0 Å². The molecule has 0 atom stereocenters. The van der Waals surface area contributed by atoms with Crippen LogP contribution < -0.4 is 5.73 Å². The van der Waals surface area contributed by atoms with Crippen molar-refractivity contribution in [3.8, 4) is 0 Å². The van der Waals surface area contributed by atoms with Crippen molar-refractivity contribution in [1.29, 1.82) is 0 Å². The van der Waals surface area contributed by atoms with Crippen LogP contribution in [0.1, 0.15) is 5.56 Å². The van der Waals surface area contributed by atoms with E-state index in [1.165, 1.54) is 18.3 Å². The topological polar surface area (TPSA) is 115 Å². The Morgan fingerprint density at radius 1 is 1.53 bits per heavy atom. The molecule has 0 aliphatic carbocycles. The highest BCUT2D eigenvalue weighted by Gasteiger charge is 2.14. The summed E-state index contributed by atoms with van der Waals surface area (Å²) in [6.07, 6.45) is 3.94. The van der Waals surface area contributed by atoms with Gasteiger partial charge in [0, 0.05) is 12.1 Å². The summed E-state index contributed by atoms with van der Waals surface area (Å²) in [6, 6.07) is 3.01. The Hall–Kier alpha value is -2.70. The lowest BCUT2D eigenvalue weighted by molar-refractivity contribution is -0.383. The van der Waals surface area contributed by atoms with Gasteiger partial charge in [0.15, 0.2) is 0 Å². The number of primary amides is 1. The van der Waals surface area contributed by atoms with Gasteiger partial charge in [-0.2, -0.15) is 5.10 Å². The minimum absolute atomic E-state index is 0.0691. The number of nitro benzene ring substituents is 1. The van der Waals surface area contributed by atoms with Crippen molar-refractivity contribution in [3.05, 3.63) is 40.1 Å². The molecule has 1 aromatic heterocycles. The highest BCUT2D eigenvalue weighted by atomic mass is 16.6. The van der Waals surface area contributed by atoms with Crippen LogP contribution >= 0.6 is 0 Å². The molecule has 1 heterocycles. The molecular formula is C10H8N4O3. The minimum Gasteiger partial charge on any atom is -0.366 e. The van der Waals surface area contributed by atoms with E-state index in [1.54, 1.807) is 6.07 Å². The van der Waals surface area contributed by atoms with Gasteiger partial charge in [-0.3, -0.25) is 20.0 Å². The third-order valence-electron chi connectivity index (χ3n) is 2.20. The summed E-state index contributed by atoms with van der Waals surface area (Å²) < 4.78 is 0. The molecule has 86 valence electrons. The molecular weight excluding hydrogens is 224 g/mol. The Kier molecular flexibility index (Phi) is 2.57. The van der Waals surface area contributed by atoms with Crippen molar-refractivity contribution in [2.24, 2.45) is 5.73 Å². The molecule has 0 bridgehead atoms. The van der Waals surface area contributed by atoms with Gasteiger partial charge >= 0.3 is 0 Å². The maximum Gasteiger partial charge on any atom is 0.280 e. The van der Waals surface area contributed by atoms with Crippen LogP contribution in [0.4, 0.5) is 5.69 Å². The van der Waals surface area contributed by atoms with E-state index in [-0.39, 0.29) is 5.69 Å². The second-order valence-electron chi connectivity index (χ2n) is 3.36. The molecule has 2 aromatic rings. The van der Waals surface area contributed by atoms with Gasteiger partial charge in [0.25, 0.3) is 5.69 Å². The predicted octanol–water partition coefficient (Wildman–Crippen LogP) is 0.970. The molecule has 1 amide bonds. The average molecular weight is 232 g/mol. The molecule has 7 nitrogen and oxygen atoms in total. The van der Waals surface area contributed by atoms with Crippen LogP contribution in [0.5, 0.6) is 0 Å². The number of non-ortho nitro benzene ring substituents is 1. The van der Waals surface area contributed by atoms with E-state index in [4.69, 9.17) is 5.73 Å². The van der Waals surface area contributed by atoms with Gasteiger partial charge in [-0.25, -0.2) is 0 Å². The summed E-state index contributed by atoms with van der Waals surface area (Å²) in [7, 11) is 0. The summed E-state index contributed by atoms with van der Waals surface area (Å²) in [5.41, 5.74) is 5.92. The molecule has 7 heteroatoms. The highest BCUT2D eigenvalue weighted by molar-refractivity contribution is 5.93. The smallest absolute Gasteiger partial charge is 0.280 e. The van der Waals surface area contributed by atoms with Crippen LogP contribution in [-0.4, -0.2) is 21.0 Å². The molecule has 0 aliphatic heterocycles. The van der Waals surface area contributed by atoms with Crippen LogP contribution in [0.2, 0.25) is 0 Å². The van der Waals surface area contributed by atoms with E-state index in [0.29, 0.717) is 16.5 Å².